The molecule has 0 saturated heterocycles. The van der Waals surface area contributed by atoms with Crippen molar-refractivity contribution in [3.05, 3.63) is 121 Å². The first-order valence-electron chi connectivity index (χ1n) is 18.0. The zero-order valence-corrected chi connectivity index (χ0v) is 30.0. The predicted molar refractivity (Wildman–Crippen MR) is 204 cm³/mol. The van der Waals surface area contributed by atoms with Crippen molar-refractivity contribution in [3.63, 3.8) is 0 Å². The Labute approximate surface area is 309 Å². The third-order valence-corrected chi connectivity index (χ3v) is 9.43. The Bertz CT molecular complexity index is 1870. The molecule has 1 aliphatic rings. The van der Waals surface area contributed by atoms with E-state index in [2.05, 4.69) is 46.2 Å². The highest BCUT2D eigenvalue weighted by atomic mass is 16.6. The van der Waals surface area contributed by atoms with Crippen LogP contribution in [-0.4, -0.2) is 71.9 Å². The van der Waals surface area contributed by atoms with E-state index < -0.39 is 42.0 Å². The molecule has 3 aromatic carbocycles. The van der Waals surface area contributed by atoms with Crippen molar-refractivity contribution >= 4 is 34.8 Å². The van der Waals surface area contributed by atoms with Crippen molar-refractivity contribution in [2.45, 2.75) is 63.1 Å². The summed E-state index contributed by atoms with van der Waals surface area (Å²) in [5.74, 6) is -2.35. The Kier molecular flexibility index (Phi) is 13.6. The van der Waals surface area contributed by atoms with E-state index in [1.165, 1.54) is 0 Å². The summed E-state index contributed by atoms with van der Waals surface area (Å²) in [6.45, 7) is 8.82. The summed E-state index contributed by atoms with van der Waals surface area (Å²) in [5.41, 5.74) is 6.17. The molecular weight excluding hydrogens is 672 g/mol. The first-order valence-corrected chi connectivity index (χ1v) is 18.0. The van der Waals surface area contributed by atoms with E-state index in [0.29, 0.717) is 12.8 Å². The van der Waals surface area contributed by atoms with Gasteiger partial charge >= 0.3 is 12.1 Å². The molecular formula is C42H48N4O7. The monoisotopic (exact) mass is 720 g/mol. The molecule has 3 amide bonds. The number of rotatable bonds is 19. The highest BCUT2D eigenvalue weighted by molar-refractivity contribution is 5.87. The van der Waals surface area contributed by atoms with Crippen LogP contribution < -0.4 is 16.0 Å². The maximum absolute atomic E-state index is 13.6. The molecule has 1 heterocycles. The Hall–Kier alpha value is -5.68. The highest BCUT2D eigenvalue weighted by Crippen LogP contribution is 2.44. The summed E-state index contributed by atoms with van der Waals surface area (Å²) in [6, 6.07) is 21.6. The molecule has 5 rings (SSSR count). The fourth-order valence-corrected chi connectivity index (χ4v) is 6.72. The molecule has 0 bridgehead atoms. The van der Waals surface area contributed by atoms with Crippen LogP contribution in [0.25, 0.3) is 22.0 Å². The number of aliphatic hydroxyl groups excluding tert-OH is 1. The number of hydrogen-bond donors (Lipinski definition) is 5. The third kappa shape index (κ3) is 10.0. The fourth-order valence-electron chi connectivity index (χ4n) is 6.72. The molecule has 5 N–H and O–H groups in total. The summed E-state index contributed by atoms with van der Waals surface area (Å²) in [5, 5.41) is 18.6. The molecule has 0 saturated carbocycles. The van der Waals surface area contributed by atoms with Crippen LogP contribution in [0.4, 0.5) is 4.79 Å². The SMILES string of the molecule is C=CCCC(NC(=O)OCC1c2ccccc2-c2ccccc21)C(=O)OCC(Cc1c[nH]c2ccccc12)NC(=O)C(CC=C)CC(=O)NC(C)CO. The number of ether oxygens (including phenoxy) is 2. The van der Waals surface area contributed by atoms with Crippen LogP contribution in [0.2, 0.25) is 0 Å². The van der Waals surface area contributed by atoms with E-state index in [1.807, 2.05) is 66.9 Å². The van der Waals surface area contributed by atoms with Gasteiger partial charge < -0.3 is 35.5 Å². The van der Waals surface area contributed by atoms with Crippen molar-refractivity contribution in [1.82, 2.24) is 20.9 Å². The number of aromatic amines is 1. The second kappa shape index (κ2) is 18.7. The van der Waals surface area contributed by atoms with Gasteiger partial charge in [0.1, 0.15) is 19.3 Å². The number of benzene rings is 3. The molecule has 53 heavy (non-hydrogen) atoms. The number of aliphatic hydroxyl groups is 1. The number of allylic oxidation sites excluding steroid dienone is 2. The minimum atomic E-state index is -1.03. The lowest BCUT2D eigenvalue weighted by molar-refractivity contribution is -0.147. The van der Waals surface area contributed by atoms with E-state index in [0.717, 1.165) is 38.7 Å². The number of fused-ring (bicyclic) bond motifs is 4. The molecule has 4 atom stereocenters. The van der Waals surface area contributed by atoms with Crippen molar-refractivity contribution in [3.8, 4) is 11.1 Å². The summed E-state index contributed by atoms with van der Waals surface area (Å²) >= 11 is 0. The molecule has 1 aliphatic carbocycles. The van der Waals surface area contributed by atoms with E-state index >= 15 is 0 Å². The summed E-state index contributed by atoms with van der Waals surface area (Å²) in [4.78, 5) is 56.2. The van der Waals surface area contributed by atoms with Crippen LogP contribution in [0.15, 0.2) is 104 Å². The van der Waals surface area contributed by atoms with Crippen LogP contribution in [0.1, 0.15) is 55.2 Å². The zero-order valence-electron chi connectivity index (χ0n) is 30.0. The van der Waals surface area contributed by atoms with Gasteiger partial charge in [-0.15, -0.1) is 13.2 Å². The zero-order chi connectivity index (χ0) is 37.7. The van der Waals surface area contributed by atoms with Gasteiger partial charge in [0.25, 0.3) is 0 Å². The van der Waals surface area contributed by atoms with Gasteiger partial charge in [-0.05, 0) is 66.5 Å². The number of amides is 3. The number of carbonyl (C=O) groups is 4. The van der Waals surface area contributed by atoms with Gasteiger partial charge in [0.2, 0.25) is 11.8 Å². The average molecular weight is 721 g/mol. The first-order chi connectivity index (χ1) is 25.7. The molecule has 1 aromatic heterocycles. The number of H-pyrrole nitrogens is 1. The molecule has 4 aromatic rings. The van der Waals surface area contributed by atoms with Crippen LogP contribution in [0.3, 0.4) is 0 Å². The highest BCUT2D eigenvalue weighted by Gasteiger charge is 2.31. The van der Waals surface area contributed by atoms with Crippen molar-refractivity contribution in [1.29, 1.82) is 0 Å². The molecule has 278 valence electrons. The molecule has 0 radical (unpaired) electrons. The molecule has 0 fully saturated rings. The van der Waals surface area contributed by atoms with Gasteiger partial charge in [0.05, 0.1) is 18.6 Å². The lowest BCUT2D eigenvalue weighted by Gasteiger charge is -2.24. The van der Waals surface area contributed by atoms with Crippen LogP contribution in [-0.2, 0) is 30.3 Å². The summed E-state index contributed by atoms with van der Waals surface area (Å²) in [7, 11) is 0. The smallest absolute Gasteiger partial charge is 0.407 e. The quantitative estimate of drug-likeness (QED) is 0.0615. The Morgan fingerprint density at radius 3 is 2.25 bits per heavy atom. The summed E-state index contributed by atoms with van der Waals surface area (Å²) < 4.78 is 11.5. The number of nitrogens with one attached hydrogen (secondary N) is 4. The molecule has 4 unspecified atom stereocenters. The van der Waals surface area contributed by atoms with Gasteiger partial charge in [0, 0.05) is 35.5 Å². The third-order valence-electron chi connectivity index (χ3n) is 9.43. The van der Waals surface area contributed by atoms with Crippen LogP contribution in [0, 0.1) is 5.92 Å². The first kappa shape index (κ1) is 38.5. The molecule has 11 heteroatoms. The summed E-state index contributed by atoms with van der Waals surface area (Å²) in [6.07, 6.45) is 5.42. The Morgan fingerprint density at radius 2 is 1.57 bits per heavy atom. The second-order valence-corrected chi connectivity index (χ2v) is 13.4. The van der Waals surface area contributed by atoms with Gasteiger partial charge in [0.15, 0.2) is 0 Å². The van der Waals surface area contributed by atoms with E-state index in [4.69, 9.17) is 9.47 Å². The minimum Gasteiger partial charge on any atom is -0.462 e. The molecule has 0 aliphatic heterocycles. The Morgan fingerprint density at radius 1 is 0.887 bits per heavy atom. The largest absolute Gasteiger partial charge is 0.462 e. The Balaban J connectivity index is 1.25. The van der Waals surface area contributed by atoms with Gasteiger partial charge in [-0.25, -0.2) is 9.59 Å². The van der Waals surface area contributed by atoms with Crippen molar-refractivity contribution in [2.24, 2.45) is 5.92 Å². The number of aromatic nitrogens is 1. The van der Waals surface area contributed by atoms with Gasteiger partial charge in [-0.2, -0.15) is 0 Å². The van der Waals surface area contributed by atoms with E-state index in [-0.39, 0.29) is 50.9 Å². The topological polar surface area (TPSA) is 159 Å². The maximum atomic E-state index is 13.6. The predicted octanol–water partition coefficient (Wildman–Crippen LogP) is 5.69. The maximum Gasteiger partial charge on any atom is 0.407 e. The molecule has 0 spiro atoms. The average Bonchev–Trinajstić information content (AvgIpc) is 3.72. The van der Waals surface area contributed by atoms with Crippen molar-refractivity contribution < 1.29 is 33.8 Å². The standard InChI is InChI=1S/C42H48N4O7/c1-4-6-19-38(46-42(51)53-26-36-34-17-9-7-15-32(34)33-16-8-10-18-35(33)36)41(50)52-25-30(21-29-23-43-37-20-12-11-14-31(29)37)45-40(49)28(13-5-2)22-39(48)44-27(3)24-47/h4-5,7-12,14-18,20,23,27-28,30,36,38,43,47H,1-2,6,13,19,21-22,24-26H2,3H3,(H,44,48)(H,45,49)(H,46,51). The van der Waals surface area contributed by atoms with Crippen molar-refractivity contribution in [2.75, 3.05) is 19.8 Å². The lowest BCUT2D eigenvalue weighted by Crippen LogP contribution is -2.47. The second-order valence-electron chi connectivity index (χ2n) is 13.4. The lowest BCUT2D eigenvalue weighted by atomic mass is 9.98. The van der Waals surface area contributed by atoms with E-state index in [9.17, 15) is 24.3 Å². The number of hydrogen-bond acceptors (Lipinski definition) is 7. The number of carbonyl (C=O) groups excluding carboxylic acids is 4. The van der Waals surface area contributed by atoms with Crippen LogP contribution >= 0.6 is 0 Å². The van der Waals surface area contributed by atoms with E-state index in [1.54, 1.807) is 19.1 Å². The normalized spacial score (nSPS) is 14.2. The minimum absolute atomic E-state index is 0.0879. The van der Waals surface area contributed by atoms with Crippen LogP contribution in [0.5, 0.6) is 0 Å². The number of para-hydroxylation sites is 1. The number of alkyl carbamates (subject to hydrolysis) is 1. The molecule has 11 nitrogen and oxygen atoms in total. The fraction of sp³-hybridized carbons (Fsp3) is 0.333. The number of esters is 1. The van der Waals surface area contributed by atoms with Gasteiger partial charge in [-0.1, -0.05) is 78.9 Å². The van der Waals surface area contributed by atoms with Gasteiger partial charge in [-0.3, -0.25) is 9.59 Å².